The van der Waals surface area contributed by atoms with Crippen molar-refractivity contribution in [2.75, 3.05) is 33.7 Å². The topological polar surface area (TPSA) is 73.7 Å². The van der Waals surface area contributed by atoms with Crippen LogP contribution in [-0.2, 0) is 0 Å². The monoisotopic (exact) mass is 293 g/mol. The van der Waals surface area contributed by atoms with Gasteiger partial charge in [0.1, 0.15) is 5.69 Å². The van der Waals surface area contributed by atoms with Gasteiger partial charge in [-0.25, -0.2) is 9.78 Å². The van der Waals surface area contributed by atoms with Crippen LogP contribution < -0.4 is 0 Å². The lowest BCUT2D eigenvalue weighted by molar-refractivity contribution is 0.0690. The number of amides is 1. The highest BCUT2D eigenvalue weighted by atomic mass is 16.4. The first-order valence-electron chi connectivity index (χ1n) is 7.01. The molecule has 0 radical (unpaired) electrons. The van der Waals surface area contributed by atoms with Crippen LogP contribution >= 0.6 is 0 Å². The zero-order valence-electron chi connectivity index (χ0n) is 13.1. The Labute approximate surface area is 125 Å². The predicted octanol–water partition coefficient (Wildman–Crippen LogP) is 1.50. The van der Waals surface area contributed by atoms with E-state index < -0.39 is 5.97 Å². The molecule has 6 heteroatoms. The molecule has 0 saturated carbocycles. The summed E-state index contributed by atoms with van der Waals surface area (Å²) >= 11 is 0. The minimum atomic E-state index is -1.03. The average Bonchev–Trinajstić information content (AvgIpc) is 2.41. The highest BCUT2D eigenvalue weighted by molar-refractivity contribution is 5.94. The highest BCUT2D eigenvalue weighted by Crippen LogP contribution is 2.09. The number of aromatic nitrogens is 1. The van der Waals surface area contributed by atoms with E-state index in [1.54, 1.807) is 11.8 Å². The zero-order valence-corrected chi connectivity index (χ0v) is 13.1. The number of likely N-dealkylation sites (N-methyl/N-ethyl adjacent to an activating group) is 1. The number of pyridine rings is 1. The van der Waals surface area contributed by atoms with Crippen molar-refractivity contribution in [3.8, 4) is 0 Å². The molecule has 0 bridgehead atoms. The Balaban J connectivity index is 2.92. The van der Waals surface area contributed by atoms with Crippen molar-refractivity contribution < 1.29 is 14.7 Å². The van der Waals surface area contributed by atoms with Crippen LogP contribution in [0.25, 0.3) is 0 Å². The van der Waals surface area contributed by atoms with Gasteiger partial charge >= 0.3 is 5.97 Å². The SMILES string of the molecule is CCCN(CCN(C)C)C(=O)c1ccc(C(=O)O)c(C)n1. The van der Waals surface area contributed by atoms with E-state index in [1.807, 2.05) is 25.9 Å². The van der Waals surface area contributed by atoms with Crippen LogP contribution in [0.4, 0.5) is 0 Å². The Morgan fingerprint density at radius 3 is 2.33 bits per heavy atom. The molecule has 0 spiro atoms. The second-order valence-corrected chi connectivity index (χ2v) is 5.23. The summed E-state index contributed by atoms with van der Waals surface area (Å²) in [5, 5.41) is 8.99. The maximum absolute atomic E-state index is 12.5. The molecule has 0 saturated heterocycles. The Kier molecular flexibility index (Phi) is 6.30. The maximum Gasteiger partial charge on any atom is 0.337 e. The first-order valence-corrected chi connectivity index (χ1v) is 7.01. The van der Waals surface area contributed by atoms with E-state index in [2.05, 4.69) is 4.98 Å². The van der Waals surface area contributed by atoms with Crippen LogP contribution in [0.15, 0.2) is 12.1 Å². The first kappa shape index (κ1) is 17.1. The summed E-state index contributed by atoms with van der Waals surface area (Å²) in [5.41, 5.74) is 0.781. The van der Waals surface area contributed by atoms with Crippen LogP contribution in [0.5, 0.6) is 0 Å². The fourth-order valence-electron chi connectivity index (χ4n) is 1.97. The van der Waals surface area contributed by atoms with E-state index >= 15 is 0 Å². The smallest absolute Gasteiger partial charge is 0.337 e. The number of aromatic carboxylic acids is 1. The number of aryl methyl sites for hydroxylation is 1. The predicted molar refractivity (Wildman–Crippen MR) is 80.7 cm³/mol. The van der Waals surface area contributed by atoms with E-state index in [-0.39, 0.29) is 11.5 Å². The molecule has 0 atom stereocenters. The van der Waals surface area contributed by atoms with Gasteiger partial charge in [0.15, 0.2) is 0 Å². The molecule has 0 aromatic carbocycles. The molecule has 0 aliphatic heterocycles. The van der Waals surface area contributed by atoms with Crippen molar-refractivity contribution in [2.24, 2.45) is 0 Å². The fourth-order valence-corrected chi connectivity index (χ4v) is 1.97. The van der Waals surface area contributed by atoms with Crippen molar-refractivity contribution >= 4 is 11.9 Å². The van der Waals surface area contributed by atoms with Crippen molar-refractivity contribution in [2.45, 2.75) is 20.3 Å². The highest BCUT2D eigenvalue weighted by Gasteiger charge is 2.18. The van der Waals surface area contributed by atoms with Crippen LogP contribution in [0.3, 0.4) is 0 Å². The molecule has 116 valence electrons. The number of carboxylic acids is 1. The molecule has 1 aromatic rings. The van der Waals surface area contributed by atoms with Crippen molar-refractivity contribution in [3.05, 3.63) is 29.1 Å². The number of rotatable bonds is 7. The summed E-state index contributed by atoms with van der Waals surface area (Å²) in [5.74, 6) is -1.18. The summed E-state index contributed by atoms with van der Waals surface area (Å²) in [7, 11) is 3.91. The van der Waals surface area contributed by atoms with E-state index in [4.69, 9.17) is 5.11 Å². The van der Waals surface area contributed by atoms with Gasteiger partial charge < -0.3 is 14.9 Å². The van der Waals surface area contributed by atoms with Crippen molar-refractivity contribution in [1.82, 2.24) is 14.8 Å². The number of nitrogens with zero attached hydrogens (tertiary/aromatic N) is 3. The fraction of sp³-hybridized carbons (Fsp3) is 0.533. The van der Waals surface area contributed by atoms with Crippen molar-refractivity contribution in [3.63, 3.8) is 0 Å². The molecule has 0 fully saturated rings. The van der Waals surface area contributed by atoms with Gasteiger partial charge in [-0.3, -0.25) is 4.79 Å². The van der Waals surface area contributed by atoms with Crippen LogP contribution in [0.1, 0.15) is 39.9 Å². The third-order valence-electron chi connectivity index (χ3n) is 3.13. The summed E-state index contributed by atoms with van der Waals surface area (Å²) < 4.78 is 0. The van der Waals surface area contributed by atoms with Gasteiger partial charge in [0.25, 0.3) is 5.91 Å². The van der Waals surface area contributed by atoms with E-state index in [1.165, 1.54) is 12.1 Å². The largest absolute Gasteiger partial charge is 0.478 e. The van der Waals surface area contributed by atoms with Gasteiger partial charge in [-0.15, -0.1) is 0 Å². The normalized spacial score (nSPS) is 10.7. The third-order valence-corrected chi connectivity index (χ3v) is 3.13. The third kappa shape index (κ3) is 4.82. The standard InChI is InChI=1S/C15H23N3O3/c1-5-8-18(10-9-17(3)4)14(19)13-7-6-12(15(20)21)11(2)16-13/h6-7H,5,8-10H2,1-4H3,(H,20,21). The lowest BCUT2D eigenvalue weighted by atomic mass is 10.1. The molecule has 0 unspecified atom stereocenters. The van der Waals surface area contributed by atoms with Gasteiger partial charge in [-0.05, 0) is 39.6 Å². The molecule has 1 rings (SSSR count). The number of carbonyl (C=O) groups is 2. The Hall–Kier alpha value is -1.95. The second-order valence-electron chi connectivity index (χ2n) is 5.23. The lowest BCUT2D eigenvalue weighted by Crippen LogP contribution is -2.37. The van der Waals surface area contributed by atoms with Crippen LogP contribution in [0.2, 0.25) is 0 Å². The zero-order chi connectivity index (χ0) is 16.0. The Morgan fingerprint density at radius 2 is 1.86 bits per heavy atom. The van der Waals surface area contributed by atoms with Gasteiger partial charge in [0.05, 0.1) is 11.3 Å². The molecule has 1 N–H and O–H groups in total. The molecule has 1 heterocycles. The van der Waals surface area contributed by atoms with Gasteiger partial charge in [0.2, 0.25) is 0 Å². The number of hydrogen-bond acceptors (Lipinski definition) is 4. The number of carboxylic acid groups (broad SMARTS) is 1. The second kappa shape index (κ2) is 7.73. The van der Waals surface area contributed by atoms with Gasteiger partial charge in [-0.1, -0.05) is 6.92 Å². The molecular weight excluding hydrogens is 270 g/mol. The van der Waals surface area contributed by atoms with E-state index in [0.717, 1.165) is 13.0 Å². The summed E-state index contributed by atoms with van der Waals surface area (Å²) in [6, 6.07) is 2.92. The van der Waals surface area contributed by atoms with E-state index in [0.29, 0.717) is 24.5 Å². The molecule has 0 aliphatic rings. The van der Waals surface area contributed by atoms with Crippen LogP contribution in [0, 0.1) is 6.92 Å². The van der Waals surface area contributed by atoms with Crippen LogP contribution in [-0.4, -0.2) is 65.5 Å². The lowest BCUT2D eigenvalue weighted by Gasteiger charge is -2.23. The van der Waals surface area contributed by atoms with E-state index in [9.17, 15) is 9.59 Å². The molecule has 1 amide bonds. The number of hydrogen-bond donors (Lipinski definition) is 1. The quantitative estimate of drug-likeness (QED) is 0.824. The number of carbonyl (C=O) groups excluding carboxylic acids is 1. The average molecular weight is 293 g/mol. The minimum Gasteiger partial charge on any atom is -0.478 e. The summed E-state index contributed by atoms with van der Waals surface area (Å²) in [6.07, 6.45) is 0.866. The maximum atomic E-state index is 12.5. The Morgan fingerprint density at radius 1 is 1.19 bits per heavy atom. The summed E-state index contributed by atoms with van der Waals surface area (Å²) in [6.45, 7) is 5.68. The van der Waals surface area contributed by atoms with Gasteiger partial charge in [0, 0.05) is 19.6 Å². The molecule has 0 aliphatic carbocycles. The first-order chi connectivity index (χ1) is 9.86. The summed E-state index contributed by atoms with van der Waals surface area (Å²) in [4.78, 5) is 31.4. The molecular formula is C15H23N3O3. The Bertz CT molecular complexity index is 515. The molecule has 1 aromatic heterocycles. The van der Waals surface area contributed by atoms with Crippen molar-refractivity contribution in [1.29, 1.82) is 0 Å². The molecule has 21 heavy (non-hydrogen) atoms. The molecule has 6 nitrogen and oxygen atoms in total. The van der Waals surface area contributed by atoms with Gasteiger partial charge in [-0.2, -0.15) is 0 Å². The minimum absolute atomic E-state index is 0.127.